The van der Waals surface area contributed by atoms with E-state index < -0.39 is 0 Å². The molecule has 5 nitrogen and oxygen atoms in total. The fourth-order valence-electron chi connectivity index (χ4n) is 4.01. The van der Waals surface area contributed by atoms with Gasteiger partial charge in [-0.1, -0.05) is 67.1 Å². The van der Waals surface area contributed by atoms with Crippen molar-refractivity contribution in [1.82, 2.24) is 25.1 Å². The molecule has 2 aromatic carbocycles. The first-order valence-corrected chi connectivity index (χ1v) is 10.3. The largest absolute Gasteiger partial charge is 0.290 e. The Morgan fingerprint density at radius 2 is 1.71 bits per heavy atom. The van der Waals surface area contributed by atoms with E-state index in [1.54, 1.807) is 0 Å². The molecular formula is C23H29N5. The fraction of sp³-hybridized carbons (Fsp3) is 0.435. The number of tetrazole rings is 1. The highest BCUT2D eigenvalue weighted by Crippen LogP contribution is 2.31. The van der Waals surface area contributed by atoms with Crippen LogP contribution in [0.3, 0.4) is 0 Å². The van der Waals surface area contributed by atoms with E-state index >= 15 is 0 Å². The van der Waals surface area contributed by atoms with Crippen molar-refractivity contribution in [1.29, 1.82) is 0 Å². The van der Waals surface area contributed by atoms with Gasteiger partial charge in [0.15, 0.2) is 5.82 Å². The Bertz CT molecular complexity index is 864. The molecule has 3 aromatic rings. The van der Waals surface area contributed by atoms with Crippen molar-refractivity contribution in [3.63, 3.8) is 0 Å². The highest BCUT2D eigenvalue weighted by molar-refractivity contribution is 5.28. The fourth-order valence-corrected chi connectivity index (χ4v) is 4.01. The lowest BCUT2D eigenvalue weighted by Gasteiger charge is -2.36. The first-order chi connectivity index (χ1) is 13.7. The summed E-state index contributed by atoms with van der Waals surface area (Å²) in [4.78, 5) is 2.55. The van der Waals surface area contributed by atoms with E-state index in [0.29, 0.717) is 0 Å². The van der Waals surface area contributed by atoms with Crippen LogP contribution in [-0.2, 0) is 13.0 Å². The average molecular weight is 376 g/mol. The highest BCUT2D eigenvalue weighted by atomic mass is 15.5. The maximum atomic E-state index is 4.48. The first-order valence-electron chi connectivity index (χ1n) is 10.3. The molecule has 0 saturated carbocycles. The normalized spacial score (nSPS) is 16.9. The second-order valence-corrected chi connectivity index (χ2v) is 8.03. The predicted octanol–water partition coefficient (Wildman–Crippen LogP) is 4.05. The molecule has 0 aliphatic carbocycles. The van der Waals surface area contributed by atoms with E-state index in [1.165, 1.54) is 29.5 Å². The lowest BCUT2D eigenvalue weighted by molar-refractivity contribution is 0.150. The number of piperidine rings is 1. The molecule has 1 fully saturated rings. The summed E-state index contributed by atoms with van der Waals surface area (Å²) in [6.07, 6.45) is 3.39. The van der Waals surface area contributed by atoms with E-state index in [9.17, 15) is 0 Å². The van der Waals surface area contributed by atoms with Crippen LogP contribution < -0.4 is 0 Å². The lowest BCUT2D eigenvalue weighted by Crippen LogP contribution is -2.38. The third kappa shape index (κ3) is 4.30. The number of rotatable bonds is 6. The Labute approximate surface area is 167 Å². The molecule has 0 unspecified atom stereocenters. The Hall–Kier alpha value is -2.53. The van der Waals surface area contributed by atoms with Crippen LogP contribution in [0.25, 0.3) is 0 Å². The smallest absolute Gasteiger partial charge is 0.173 e. The minimum absolute atomic E-state index is 0.110. The lowest BCUT2D eigenvalue weighted by atomic mass is 9.95. The van der Waals surface area contributed by atoms with Crippen LogP contribution in [0.2, 0.25) is 0 Å². The van der Waals surface area contributed by atoms with Crippen LogP contribution in [0, 0.1) is 12.8 Å². The van der Waals surface area contributed by atoms with Crippen molar-refractivity contribution < 1.29 is 0 Å². The van der Waals surface area contributed by atoms with Gasteiger partial charge in [-0.15, -0.1) is 5.10 Å². The first kappa shape index (κ1) is 18.8. The summed E-state index contributed by atoms with van der Waals surface area (Å²) >= 11 is 0. The van der Waals surface area contributed by atoms with Crippen molar-refractivity contribution in [2.75, 3.05) is 13.1 Å². The summed E-state index contributed by atoms with van der Waals surface area (Å²) in [6.45, 7) is 7.45. The van der Waals surface area contributed by atoms with Gasteiger partial charge in [0, 0.05) is 6.54 Å². The molecule has 1 atom stereocenters. The SMILES string of the molecule is Cc1ccc([C@H](c2nnnn2CCc2ccccc2)N2CCC(C)CC2)cc1. The molecule has 0 amide bonds. The zero-order valence-corrected chi connectivity index (χ0v) is 16.8. The highest BCUT2D eigenvalue weighted by Gasteiger charge is 2.30. The Kier molecular flexibility index (Phi) is 5.81. The number of aryl methyl sites for hydroxylation is 3. The molecule has 1 saturated heterocycles. The van der Waals surface area contributed by atoms with Crippen LogP contribution in [0.5, 0.6) is 0 Å². The van der Waals surface area contributed by atoms with Crippen LogP contribution in [0.15, 0.2) is 54.6 Å². The average Bonchev–Trinajstić information content (AvgIpc) is 3.18. The number of aromatic nitrogens is 4. The van der Waals surface area contributed by atoms with Crippen molar-refractivity contribution >= 4 is 0 Å². The molecule has 4 rings (SSSR count). The van der Waals surface area contributed by atoms with Gasteiger partial charge in [0.05, 0.1) is 6.04 Å². The topological polar surface area (TPSA) is 46.8 Å². The predicted molar refractivity (Wildman–Crippen MR) is 111 cm³/mol. The molecule has 5 heteroatoms. The third-order valence-corrected chi connectivity index (χ3v) is 5.84. The van der Waals surface area contributed by atoms with Gasteiger partial charge in [0.1, 0.15) is 0 Å². The summed E-state index contributed by atoms with van der Waals surface area (Å²) < 4.78 is 2.00. The monoisotopic (exact) mass is 375 g/mol. The van der Waals surface area contributed by atoms with Gasteiger partial charge in [0.2, 0.25) is 0 Å². The zero-order chi connectivity index (χ0) is 19.3. The maximum Gasteiger partial charge on any atom is 0.173 e. The van der Waals surface area contributed by atoms with Crippen LogP contribution >= 0.6 is 0 Å². The summed E-state index contributed by atoms with van der Waals surface area (Å²) in [6, 6.07) is 19.5. The molecule has 0 radical (unpaired) electrons. The Morgan fingerprint density at radius 1 is 1.00 bits per heavy atom. The number of hydrogen-bond acceptors (Lipinski definition) is 4. The number of nitrogens with zero attached hydrogens (tertiary/aromatic N) is 5. The molecular weight excluding hydrogens is 346 g/mol. The van der Waals surface area contributed by atoms with E-state index in [0.717, 1.165) is 37.8 Å². The maximum absolute atomic E-state index is 4.48. The van der Waals surface area contributed by atoms with Crippen molar-refractivity contribution in [3.8, 4) is 0 Å². The minimum atomic E-state index is 0.110. The van der Waals surface area contributed by atoms with Crippen molar-refractivity contribution in [2.24, 2.45) is 5.92 Å². The van der Waals surface area contributed by atoms with Gasteiger partial charge in [-0.25, -0.2) is 4.68 Å². The van der Waals surface area contributed by atoms with Crippen molar-refractivity contribution in [3.05, 3.63) is 77.1 Å². The summed E-state index contributed by atoms with van der Waals surface area (Å²) in [5.41, 5.74) is 3.86. The molecule has 1 aliphatic rings. The quantitative estimate of drug-likeness (QED) is 0.652. The van der Waals surface area contributed by atoms with E-state index in [4.69, 9.17) is 0 Å². The van der Waals surface area contributed by atoms with Gasteiger partial charge in [-0.3, -0.25) is 4.90 Å². The Balaban J connectivity index is 1.61. The van der Waals surface area contributed by atoms with Gasteiger partial charge in [-0.05, 0) is 66.7 Å². The molecule has 1 aromatic heterocycles. The van der Waals surface area contributed by atoms with Crippen molar-refractivity contribution in [2.45, 2.75) is 45.7 Å². The van der Waals surface area contributed by atoms with E-state index in [1.807, 2.05) is 4.68 Å². The zero-order valence-electron chi connectivity index (χ0n) is 16.8. The molecule has 2 heterocycles. The number of likely N-dealkylation sites (tertiary alicyclic amines) is 1. The molecule has 0 bridgehead atoms. The van der Waals surface area contributed by atoms with Crippen LogP contribution in [-0.4, -0.2) is 38.2 Å². The standard InChI is InChI=1S/C23H29N5/c1-18-8-10-21(11-9-18)22(27-15-12-19(2)13-16-27)23-24-25-26-28(23)17-14-20-6-4-3-5-7-20/h3-11,19,22H,12-17H2,1-2H3/t22-/m1/s1. The number of hydrogen-bond donors (Lipinski definition) is 0. The molecule has 146 valence electrons. The Morgan fingerprint density at radius 3 is 2.43 bits per heavy atom. The van der Waals surface area contributed by atoms with Gasteiger partial charge >= 0.3 is 0 Å². The second kappa shape index (κ2) is 8.65. The van der Waals surface area contributed by atoms with Crippen LogP contribution in [0.4, 0.5) is 0 Å². The summed E-state index contributed by atoms with van der Waals surface area (Å²) in [7, 11) is 0. The van der Waals surface area contributed by atoms with Gasteiger partial charge < -0.3 is 0 Å². The third-order valence-electron chi connectivity index (χ3n) is 5.84. The second-order valence-electron chi connectivity index (χ2n) is 8.03. The van der Waals surface area contributed by atoms with Gasteiger partial charge in [-0.2, -0.15) is 0 Å². The summed E-state index contributed by atoms with van der Waals surface area (Å²) in [5.74, 6) is 1.75. The van der Waals surface area contributed by atoms with Crippen LogP contribution in [0.1, 0.15) is 48.3 Å². The molecule has 0 spiro atoms. The minimum Gasteiger partial charge on any atom is -0.290 e. The molecule has 1 aliphatic heterocycles. The van der Waals surface area contributed by atoms with Gasteiger partial charge in [0.25, 0.3) is 0 Å². The molecule has 28 heavy (non-hydrogen) atoms. The number of benzene rings is 2. The van der Waals surface area contributed by atoms with E-state index in [2.05, 4.69) is 88.9 Å². The summed E-state index contributed by atoms with van der Waals surface area (Å²) in [5, 5.41) is 12.9. The molecule has 0 N–H and O–H groups in total. The van der Waals surface area contributed by atoms with E-state index in [-0.39, 0.29) is 6.04 Å².